The molecule has 3 aromatic carbocycles. The van der Waals surface area contributed by atoms with Crippen molar-refractivity contribution in [1.29, 1.82) is 0 Å². The van der Waals surface area contributed by atoms with Crippen LogP contribution in [0.25, 0.3) is 14.5 Å². The number of likely N-dealkylation sites (tertiary alicyclic amines) is 3. The molecule has 3 heterocycles. The molecule has 0 unspecified atom stereocenters. The number of halogens is 1. The lowest BCUT2D eigenvalue weighted by Crippen LogP contribution is -2.41. The fourth-order valence-electron chi connectivity index (χ4n) is 7.35. The number of nitrogens with zero attached hydrogens (tertiary/aromatic N) is 6. The molecule has 3 saturated heterocycles. The molecule has 0 spiro atoms. The molecule has 25 heteroatoms. The first kappa shape index (κ1) is 61.9. The van der Waals surface area contributed by atoms with E-state index in [-0.39, 0.29) is 99.3 Å². The smallest absolute Gasteiger partial charge is 0.300 e. The minimum atomic E-state index is -3.40. The lowest BCUT2D eigenvalue weighted by atomic mass is 10.2. The van der Waals surface area contributed by atoms with E-state index in [1.165, 1.54) is 0 Å². The van der Waals surface area contributed by atoms with E-state index in [0.717, 1.165) is 48.9 Å². The normalized spacial score (nSPS) is 17.3. The van der Waals surface area contributed by atoms with E-state index in [0.29, 0.717) is 37.8 Å². The summed E-state index contributed by atoms with van der Waals surface area (Å²) < 4.78 is 77.6. The Morgan fingerprint density at radius 3 is 1.11 bits per heavy atom. The third-order valence-electron chi connectivity index (χ3n) is 11.2. The van der Waals surface area contributed by atoms with Crippen LogP contribution in [0.4, 0.5) is 0 Å². The van der Waals surface area contributed by atoms with Crippen molar-refractivity contribution in [2.24, 2.45) is 5.73 Å². The van der Waals surface area contributed by atoms with Crippen LogP contribution in [0.2, 0.25) is 0 Å². The molecule has 3 aliphatic rings. The highest BCUT2D eigenvalue weighted by Crippen LogP contribution is 2.20. The fraction of sp³-hybridized carbons (Fsp3) is 0.500. The maximum atomic E-state index is 12.0. The number of nitrogens with two attached hydrogens (primary N) is 1. The van der Waals surface area contributed by atoms with Gasteiger partial charge in [-0.25, -0.2) is 59.1 Å². The molecular formula is C48H67BrN12O9S3. The highest BCUT2D eigenvalue weighted by molar-refractivity contribution is 9.09. The molecule has 0 bridgehead atoms. The predicted octanol–water partition coefficient (Wildman–Crippen LogP) is 2.44. The second-order valence-corrected chi connectivity index (χ2v) is 23.0. The van der Waals surface area contributed by atoms with Gasteiger partial charge in [-0.15, -0.1) is 0 Å². The Morgan fingerprint density at radius 1 is 0.521 bits per heavy atom. The zero-order valence-electron chi connectivity index (χ0n) is 40.8. The molecule has 3 fully saturated rings. The maximum absolute atomic E-state index is 12.0. The molecule has 7 N–H and O–H groups in total. The quantitative estimate of drug-likeness (QED) is 0.0482. The van der Waals surface area contributed by atoms with Crippen LogP contribution in [-0.2, 0) is 64.1 Å². The number of hydrogen-bond donors (Lipinski definition) is 6. The number of alkyl halides is 1. The summed E-state index contributed by atoms with van der Waals surface area (Å²) >= 11 is 3.09. The lowest BCUT2D eigenvalue weighted by molar-refractivity contribution is -0.131. The van der Waals surface area contributed by atoms with Crippen LogP contribution in [0, 0.1) is 19.7 Å². The van der Waals surface area contributed by atoms with Crippen molar-refractivity contribution >= 4 is 63.7 Å². The summed E-state index contributed by atoms with van der Waals surface area (Å²) in [7, 11) is -10.0. The van der Waals surface area contributed by atoms with Crippen LogP contribution in [0.1, 0.15) is 55.2 Å². The van der Waals surface area contributed by atoms with Crippen LogP contribution in [0.3, 0.4) is 0 Å². The van der Waals surface area contributed by atoms with Gasteiger partial charge in [-0.05, 0) is 36.0 Å². The molecule has 3 aromatic rings. The Labute approximate surface area is 439 Å². The number of amides is 3. The van der Waals surface area contributed by atoms with Crippen molar-refractivity contribution in [2.75, 3.05) is 74.9 Å². The van der Waals surface area contributed by atoms with Crippen LogP contribution >= 0.6 is 15.9 Å². The summed E-state index contributed by atoms with van der Waals surface area (Å²) in [6, 6.07) is 27.9. The predicted molar refractivity (Wildman–Crippen MR) is 284 cm³/mol. The van der Waals surface area contributed by atoms with Crippen LogP contribution in [0.15, 0.2) is 91.0 Å². The van der Waals surface area contributed by atoms with Crippen molar-refractivity contribution in [3.8, 4) is 0 Å². The Kier molecular flexibility index (Phi) is 28.4. The number of benzene rings is 3. The average Bonchev–Trinajstić information content (AvgIpc) is 4.21. The van der Waals surface area contributed by atoms with Gasteiger partial charge in [0.05, 0.1) is 35.7 Å². The van der Waals surface area contributed by atoms with Gasteiger partial charge in [0.25, 0.3) is 0 Å². The van der Waals surface area contributed by atoms with Crippen LogP contribution < -0.4 is 30.5 Å². The molecule has 3 atom stereocenters. The molecule has 21 nitrogen and oxygen atoms in total. The van der Waals surface area contributed by atoms with Crippen molar-refractivity contribution in [3.05, 3.63) is 142 Å². The van der Waals surface area contributed by atoms with Gasteiger partial charge in [0.1, 0.15) is 0 Å². The number of nitrogens with one attached hydrogen (secondary N) is 5. The number of carbonyl (C=O) groups excluding carboxylic acids is 3. The molecule has 398 valence electrons. The second-order valence-electron chi connectivity index (χ2n) is 16.7. The van der Waals surface area contributed by atoms with Gasteiger partial charge in [0.15, 0.2) is 0 Å². The first-order valence-electron chi connectivity index (χ1n) is 23.7. The van der Waals surface area contributed by atoms with Gasteiger partial charge >= 0.3 is 18.5 Å². The maximum Gasteiger partial charge on any atom is 0.300 e. The van der Waals surface area contributed by atoms with Crippen molar-refractivity contribution < 1.29 is 39.6 Å². The van der Waals surface area contributed by atoms with Gasteiger partial charge in [0, 0.05) is 78.2 Å². The molecular weight excluding hydrogens is 1060 g/mol. The highest BCUT2D eigenvalue weighted by Gasteiger charge is 2.34. The topological polar surface area (TPSA) is 263 Å². The zero-order valence-corrected chi connectivity index (χ0v) is 44.8. The number of hydrogen-bond acceptors (Lipinski definition) is 12. The summed E-state index contributed by atoms with van der Waals surface area (Å²) in [5.41, 5.74) is 7.89. The highest BCUT2D eigenvalue weighted by atomic mass is 79.9. The summed E-state index contributed by atoms with van der Waals surface area (Å²) in [5, 5.41) is 6.03. The first-order chi connectivity index (χ1) is 35.0. The van der Waals surface area contributed by atoms with Crippen LogP contribution in [0.5, 0.6) is 0 Å². The van der Waals surface area contributed by atoms with E-state index in [1.807, 2.05) is 91.0 Å². The Bertz CT molecular complexity index is 2500. The van der Waals surface area contributed by atoms with E-state index in [1.54, 1.807) is 14.7 Å². The van der Waals surface area contributed by atoms with Crippen molar-refractivity contribution in [3.63, 3.8) is 0 Å². The molecule has 6 rings (SSSR count). The van der Waals surface area contributed by atoms with Gasteiger partial charge in [0.2, 0.25) is 47.8 Å². The SMILES string of the molecule is NCCS(=O)(=O)NCc1ccccc1.[C-]#[N+][C@@H]1CCCN1C(=O)CBr.[C-]#[N+][C@@H]1CCCN1C(=O)CNCCS(=O)(=O)NCc1ccccc1.[C-]#[N+][C@@H]1CCCN1C(=O)CNCCS(=O)(=O)NCc1ccccc1. The summed E-state index contributed by atoms with van der Waals surface area (Å²) in [6.45, 7) is 24.3. The van der Waals surface area contributed by atoms with Gasteiger partial charge in [-0.2, -0.15) is 0 Å². The molecule has 3 aliphatic heterocycles. The largest absolute Gasteiger partial charge is 0.329 e. The number of rotatable bonds is 22. The third-order valence-corrected chi connectivity index (χ3v) is 15.7. The van der Waals surface area contributed by atoms with Crippen LogP contribution in [-0.4, -0.2) is 151 Å². The fourth-order valence-corrected chi connectivity index (χ4v) is 10.4. The molecule has 0 aromatic heterocycles. The van der Waals surface area contributed by atoms with E-state index >= 15 is 0 Å². The third kappa shape index (κ3) is 24.5. The number of carbonyl (C=O) groups is 3. The van der Waals surface area contributed by atoms with Gasteiger partial charge < -0.3 is 16.4 Å². The number of sulfonamides is 3. The summed E-state index contributed by atoms with van der Waals surface area (Å²) in [6.07, 6.45) is 3.99. The molecule has 0 aliphatic carbocycles. The summed E-state index contributed by atoms with van der Waals surface area (Å²) in [5.74, 6) is -0.492. The van der Waals surface area contributed by atoms with Gasteiger partial charge in [-0.1, -0.05) is 107 Å². The molecule has 3 amide bonds. The van der Waals surface area contributed by atoms with E-state index in [9.17, 15) is 39.6 Å². The average molecular weight is 1130 g/mol. The first-order valence-corrected chi connectivity index (χ1v) is 29.7. The van der Waals surface area contributed by atoms with E-state index in [4.69, 9.17) is 25.5 Å². The minimum Gasteiger partial charge on any atom is -0.329 e. The standard InChI is InChI=1S/2C16H22N4O3S.C9H14N2O2S.C7H9BrN2O/c2*1-17-15-8-5-10-20(15)16(21)13-18-9-11-24(22,23)19-12-14-6-3-2-4-7-14;10-6-7-14(12,13)11-8-9-4-2-1-3-5-9;1-9-6-3-2-4-10(6)7(11)5-8/h2*2-4,6-7,15,18-19H,5,8-13H2;1-5,11H,6-8,10H2;6H,2-5H2/t2*15-;;6-/m00.0/s1. The van der Waals surface area contributed by atoms with Crippen molar-refractivity contribution in [1.82, 2.24) is 39.5 Å². The van der Waals surface area contributed by atoms with Gasteiger partial charge in [-0.3, -0.25) is 43.6 Å². The Hall–Kier alpha value is -5.37. The molecule has 0 radical (unpaired) electrons. The molecule has 73 heavy (non-hydrogen) atoms. The lowest BCUT2D eigenvalue weighted by Gasteiger charge is -2.16. The van der Waals surface area contributed by atoms with Crippen molar-refractivity contribution in [2.45, 2.75) is 76.7 Å². The van der Waals surface area contributed by atoms with E-state index < -0.39 is 30.1 Å². The monoisotopic (exact) mass is 1130 g/mol. The summed E-state index contributed by atoms with van der Waals surface area (Å²) in [4.78, 5) is 50.1. The minimum absolute atomic E-state index is 0.0279. The zero-order chi connectivity index (χ0) is 53.5. The molecule has 0 saturated carbocycles. The Morgan fingerprint density at radius 2 is 0.822 bits per heavy atom. The Balaban J connectivity index is 0.000000269. The van der Waals surface area contributed by atoms with E-state index in [2.05, 4.69) is 55.3 Å². The second kappa shape index (κ2) is 33.4.